The van der Waals surface area contributed by atoms with Gasteiger partial charge in [0.2, 0.25) is 0 Å². The fourth-order valence-corrected chi connectivity index (χ4v) is 1.59. The van der Waals surface area contributed by atoms with E-state index < -0.39 is 5.60 Å². The minimum Gasteiger partial charge on any atom is -0.388 e. The van der Waals surface area contributed by atoms with Gasteiger partial charge in [-0.05, 0) is 37.7 Å². The van der Waals surface area contributed by atoms with Crippen LogP contribution in [0.1, 0.15) is 33.6 Å². The summed E-state index contributed by atoms with van der Waals surface area (Å²) in [5.74, 6) is 1.25. The molecular weight excluding hydrogens is 236 g/mol. The molecule has 0 aromatic carbocycles. The molecule has 17 heavy (non-hydrogen) atoms. The maximum atomic E-state index is 11.4. The van der Waals surface area contributed by atoms with Crippen molar-refractivity contribution < 1.29 is 9.90 Å². The van der Waals surface area contributed by atoms with Gasteiger partial charge >= 0.3 is 6.03 Å². The van der Waals surface area contributed by atoms with Gasteiger partial charge in [0.25, 0.3) is 0 Å². The third-order valence-corrected chi connectivity index (χ3v) is 3.61. The van der Waals surface area contributed by atoms with E-state index in [0.29, 0.717) is 6.54 Å². The van der Waals surface area contributed by atoms with Crippen LogP contribution < -0.4 is 10.6 Å². The Balaban J connectivity index is 3.60. The molecule has 5 heteroatoms. The summed E-state index contributed by atoms with van der Waals surface area (Å²) in [5, 5.41) is 15.4. The first-order chi connectivity index (χ1) is 7.90. The lowest BCUT2D eigenvalue weighted by molar-refractivity contribution is 0.0166. The van der Waals surface area contributed by atoms with Crippen LogP contribution in [0.3, 0.4) is 0 Å². The Morgan fingerprint density at radius 2 is 2.00 bits per heavy atom. The summed E-state index contributed by atoms with van der Waals surface area (Å²) in [7, 11) is 0. The molecule has 0 saturated heterocycles. The van der Waals surface area contributed by atoms with E-state index >= 15 is 0 Å². The van der Waals surface area contributed by atoms with Crippen molar-refractivity contribution in [3.63, 3.8) is 0 Å². The first-order valence-electron chi connectivity index (χ1n) is 6.13. The van der Waals surface area contributed by atoms with Gasteiger partial charge in [0, 0.05) is 13.1 Å². The molecule has 4 nitrogen and oxygen atoms in total. The normalized spacial score (nSPS) is 14.5. The Hall–Kier alpha value is -0.420. The van der Waals surface area contributed by atoms with Crippen LogP contribution in [0.25, 0.3) is 0 Å². The van der Waals surface area contributed by atoms with Crippen molar-refractivity contribution in [3.8, 4) is 0 Å². The van der Waals surface area contributed by atoms with Crippen LogP contribution in [0.2, 0.25) is 0 Å². The predicted octanol–water partition coefficient (Wildman–Crippen LogP) is 1.84. The van der Waals surface area contributed by atoms with E-state index in [1.165, 1.54) is 0 Å². The van der Waals surface area contributed by atoms with Gasteiger partial charge in [0.1, 0.15) is 0 Å². The predicted molar refractivity (Wildman–Crippen MR) is 74.5 cm³/mol. The molecule has 1 unspecified atom stereocenters. The highest BCUT2D eigenvalue weighted by Gasteiger charge is 2.25. The summed E-state index contributed by atoms with van der Waals surface area (Å²) in [6.45, 7) is 6.57. The number of hydrogen-bond acceptors (Lipinski definition) is 3. The zero-order valence-electron chi connectivity index (χ0n) is 11.4. The molecule has 0 bridgehead atoms. The van der Waals surface area contributed by atoms with E-state index in [2.05, 4.69) is 16.9 Å². The number of unbranched alkanes of at least 4 members (excludes halogenated alkanes) is 1. The molecular formula is C12H26N2O2S. The van der Waals surface area contributed by atoms with Gasteiger partial charge in [-0.2, -0.15) is 11.8 Å². The van der Waals surface area contributed by atoms with Crippen molar-refractivity contribution in [2.24, 2.45) is 5.92 Å². The van der Waals surface area contributed by atoms with Gasteiger partial charge in [0.15, 0.2) is 0 Å². The van der Waals surface area contributed by atoms with Crippen LogP contribution >= 0.6 is 11.8 Å². The standard InChI is InChI=1S/C12H26N2O2S/c1-10(2)12(3,16)9-14-11(15)13-7-5-6-8-17-4/h10,16H,5-9H2,1-4H3,(H2,13,14,15). The van der Waals surface area contributed by atoms with Gasteiger partial charge in [-0.25, -0.2) is 4.79 Å². The van der Waals surface area contributed by atoms with Crippen molar-refractivity contribution >= 4 is 17.8 Å². The molecule has 0 fully saturated rings. The second-order valence-corrected chi connectivity index (χ2v) is 5.81. The van der Waals surface area contributed by atoms with Gasteiger partial charge in [-0.15, -0.1) is 0 Å². The van der Waals surface area contributed by atoms with E-state index in [0.717, 1.165) is 18.6 Å². The van der Waals surface area contributed by atoms with Gasteiger partial charge in [-0.3, -0.25) is 0 Å². The Labute approximate surface area is 109 Å². The summed E-state index contributed by atoms with van der Waals surface area (Å²) < 4.78 is 0. The molecule has 0 radical (unpaired) electrons. The monoisotopic (exact) mass is 262 g/mol. The lowest BCUT2D eigenvalue weighted by Crippen LogP contribution is -2.47. The average molecular weight is 262 g/mol. The molecule has 3 N–H and O–H groups in total. The summed E-state index contributed by atoms with van der Waals surface area (Å²) >= 11 is 1.82. The molecule has 0 aromatic heterocycles. The van der Waals surface area contributed by atoms with E-state index in [-0.39, 0.29) is 18.5 Å². The highest BCUT2D eigenvalue weighted by Crippen LogP contribution is 2.14. The highest BCUT2D eigenvalue weighted by molar-refractivity contribution is 7.98. The number of thioether (sulfide) groups is 1. The SMILES string of the molecule is CSCCCCNC(=O)NCC(C)(O)C(C)C. The second kappa shape index (κ2) is 8.64. The van der Waals surface area contributed by atoms with E-state index in [1.54, 1.807) is 6.92 Å². The van der Waals surface area contributed by atoms with Crippen LogP contribution in [-0.4, -0.2) is 41.8 Å². The summed E-state index contributed by atoms with van der Waals surface area (Å²) in [6, 6.07) is -0.199. The largest absolute Gasteiger partial charge is 0.388 e. The Kier molecular flexibility index (Phi) is 8.43. The van der Waals surface area contributed by atoms with Crippen LogP contribution in [-0.2, 0) is 0 Å². The highest BCUT2D eigenvalue weighted by atomic mass is 32.2. The number of amides is 2. The Morgan fingerprint density at radius 1 is 1.35 bits per heavy atom. The van der Waals surface area contributed by atoms with Crippen LogP contribution in [0.5, 0.6) is 0 Å². The molecule has 0 rings (SSSR count). The lowest BCUT2D eigenvalue weighted by Gasteiger charge is -2.27. The van der Waals surface area contributed by atoms with Crippen LogP contribution in [0, 0.1) is 5.92 Å². The average Bonchev–Trinajstić information content (AvgIpc) is 2.26. The lowest BCUT2D eigenvalue weighted by atomic mass is 9.93. The van der Waals surface area contributed by atoms with Gasteiger partial charge in [0.05, 0.1) is 5.60 Å². The first-order valence-corrected chi connectivity index (χ1v) is 7.52. The van der Waals surface area contributed by atoms with Crippen LogP contribution in [0.15, 0.2) is 0 Å². The smallest absolute Gasteiger partial charge is 0.314 e. The molecule has 1 atom stereocenters. The molecule has 0 saturated carbocycles. The van der Waals surface area contributed by atoms with E-state index in [1.807, 2.05) is 25.6 Å². The topological polar surface area (TPSA) is 61.4 Å². The molecule has 0 spiro atoms. The molecule has 0 heterocycles. The van der Waals surface area contributed by atoms with Crippen molar-refractivity contribution in [1.82, 2.24) is 10.6 Å². The number of nitrogens with one attached hydrogen (secondary N) is 2. The molecule has 0 aliphatic rings. The van der Waals surface area contributed by atoms with Gasteiger partial charge in [-0.1, -0.05) is 13.8 Å². The summed E-state index contributed by atoms with van der Waals surface area (Å²) in [6.07, 6.45) is 4.19. The molecule has 2 amide bonds. The maximum absolute atomic E-state index is 11.4. The first kappa shape index (κ1) is 16.6. The summed E-state index contributed by atoms with van der Waals surface area (Å²) in [4.78, 5) is 11.4. The van der Waals surface area contributed by atoms with Crippen molar-refractivity contribution in [1.29, 1.82) is 0 Å². The summed E-state index contributed by atoms with van der Waals surface area (Å²) in [5.41, 5.74) is -0.851. The number of hydrogen-bond donors (Lipinski definition) is 3. The van der Waals surface area contributed by atoms with Gasteiger partial charge < -0.3 is 15.7 Å². The van der Waals surface area contributed by atoms with Crippen molar-refractivity contribution in [3.05, 3.63) is 0 Å². The zero-order valence-corrected chi connectivity index (χ0v) is 12.2. The van der Waals surface area contributed by atoms with Crippen LogP contribution in [0.4, 0.5) is 4.79 Å². The minimum absolute atomic E-state index is 0.115. The second-order valence-electron chi connectivity index (χ2n) is 4.82. The molecule has 102 valence electrons. The quantitative estimate of drug-likeness (QED) is 0.585. The molecule has 0 aromatic rings. The molecule has 0 aliphatic heterocycles. The fraction of sp³-hybridized carbons (Fsp3) is 0.917. The zero-order chi connectivity index (χ0) is 13.3. The van der Waals surface area contributed by atoms with E-state index in [4.69, 9.17) is 0 Å². The fourth-order valence-electron chi connectivity index (χ4n) is 1.10. The minimum atomic E-state index is -0.851. The number of urea groups is 1. The number of carbonyl (C=O) groups excluding carboxylic acids is 1. The molecule has 0 aliphatic carbocycles. The third-order valence-electron chi connectivity index (χ3n) is 2.91. The third kappa shape index (κ3) is 8.32. The van der Waals surface area contributed by atoms with Crippen molar-refractivity contribution in [2.45, 2.75) is 39.2 Å². The van der Waals surface area contributed by atoms with Crippen molar-refractivity contribution in [2.75, 3.05) is 25.1 Å². The Morgan fingerprint density at radius 3 is 2.53 bits per heavy atom. The van der Waals surface area contributed by atoms with E-state index in [9.17, 15) is 9.90 Å². The Bertz CT molecular complexity index is 221. The number of aliphatic hydroxyl groups is 1. The maximum Gasteiger partial charge on any atom is 0.314 e. The number of carbonyl (C=O) groups is 1. The number of rotatable bonds is 8.